The van der Waals surface area contributed by atoms with Crippen LogP contribution in [0.15, 0.2) is 51.7 Å². The number of halogens is 1. The van der Waals surface area contributed by atoms with Gasteiger partial charge in [0.1, 0.15) is 28.4 Å². The number of nitrogens with zero attached hydrogens (tertiary/aromatic N) is 3. The molecule has 0 aliphatic heterocycles. The van der Waals surface area contributed by atoms with Crippen molar-refractivity contribution in [3.05, 3.63) is 75.6 Å². The molecule has 3 aliphatic carbocycles. The van der Waals surface area contributed by atoms with E-state index in [4.69, 9.17) is 10.2 Å². The highest BCUT2D eigenvalue weighted by Crippen LogP contribution is 2.53. The van der Waals surface area contributed by atoms with E-state index in [1.165, 1.54) is 17.0 Å². The molecule has 2 unspecified atom stereocenters. The molecule has 44 heavy (non-hydrogen) atoms. The number of carbonyl (C=O) groups excluding carboxylic acids is 3. The van der Waals surface area contributed by atoms with Crippen molar-refractivity contribution in [3.63, 3.8) is 0 Å². The first kappa shape index (κ1) is 29.3. The van der Waals surface area contributed by atoms with Gasteiger partial charge in [0.25, 0.3) is 5.91 Å². The van der Waals surface area contributed by atoms with Crippen LogP contribution in [0.3, 0.4) is 0 Å². The van der Waals surface area contributed by atoms with Crippen LogP contribution in [0.25, 0.3) is 29.0 Å². The van der Waals surface area contributed by atoms with E-state index >= 15 is 0 Å². The number of carbonyl (C=O) groups is 3. The van der Waals surface area contributed by atoms with Crippen LogP contribution in [0.5, 0.6) is 0 Å². The highest BCUT2D eigenvalue weighted by molar-refractivity contribution is 6.24. The van der Waals surface area contributed by atoms with Crippen LogP contribution >= 0.6 is 0 Å². The van der Waals surface area contributed by atoms with Gasteiger partial charge in [0.05, 0.1) is 11.6 Å². The summed E-state index contributed by atoms with van der Waals surface area (Å²) in [6.07, 6.45) is 3.58. The zero-order valence-electron chi connectivity index (χ0n) is 24.5. The Morgan fingerprint density at radius 3 is 2.43 bits per heavy atom. The molecule has 6 rings (SSSR count). The number of likely N-dealkylation sites (N-methyl/N-ethyl adjacent to an activating group) is 1. The standard InChI is InChI=1S/C32H31FN4O7/c1-36(2)20-13-19-28(44-21(35-19)10-7-14-5-8-16(33)9-6-14)23-17(20)11-15-12-18-25(37(3)4)27(39)24(31(34)42)30(41)32(18,43)29(40)22(15)26(23)38/h5-10,13,15,18,25,38,41,43H,11-12H2,1-4H3,(H2,34,42)/b10-7+/t15?,18?,25-,32-/m0/s1. The second-order valence-corrected chi connectivity index (χ2v) is 11.9. The summed E-state index contributed by atoms with van der Waals surface area (Å²) in [6.45, 7) is 0. The molecule has 12 heteroatoms. The van der Waals surface area contributed by atoms with Gasteiger partial charge in [0.2, 0.25) is 11.7 Å². The predicted octanol–water partition coefficient (Wildman–Crippen LogP) is 2.78. The summed E-state index contributed by atoms with van der Waals surface area (Å²) in [7, 11) is 6.79. The summed E-state index contributed by atoms with van der Waals surface area (Å²) in [6, 6.07) is 6.52. The number of anilines is 1. The Labute approximate surface area is 251 Å². The van der Waals surface area contributed by atoms with Crippen molar-refractivity contribution < 1.29 is 38.5 Å². The molecule has 4 atom stereocenters. The van der Waals surface area contributed by atoms with Gasteiger partial charge in [-0.05, 0) is 68.3 Å². The maximum Gasteiger partial charge on any atom is 0.255 e. The number of primary amides is 1. The first-order valence-electron chi connectivity index (χ1n) is 14.0. The minimum atomic E-state index is -2.67. The molecule has 1 heterocycles. The van der Waals surface area contributed by atoms with Crippen molar-refractivity contribution >= 4 is 52.2 Å². The molecule has 1 saturated carbocycles. The SMILES string of the molecule is CN(C)c1cc2nc(/C=C/c3ccc(F)cc3)oc2c2c1CC1CC3[C@H](N(C)C)C(=O)C(C(N)=O)=C(O)[C@@]3(O)C(=O)C1=C2O. The quantitative estimate of drug-likeness (QED) is 0.319. The Morgan fingerprint density at radius 2 is 1.82 bits per heavy atom. The molecule has 1 fully saturated rings. The summed E-state index contributed by atoms with van der Waals surface area (Å²) in [5.74, 6) is -6.54. The second kappa shape index (κ2) is 10.1. The van der Waals surface area contributed by atoms with E-state index in [1.807, 2.05) is 25.1 Å². The third-order valence-corrected chi connectivity index (χ3v) is 8.86. The Hall–Kier alpha value is -4.81. The summed E-state index contributed by atoms with van der Waals surface area (Å²) < 4.78 is 19.4. The molecule has 0 saturated heterocycles. The number of aromatic nitrogens is 1. The highest BCUT2D eigenvalue weighted by atomic mass is 19.1. The average Bonchev–Trinajstić information content (AvgIpc) is 3.36. The van der Waals surface area contributed by atoms with Gasteiger partial charge in [0.15, 0.2) is 17.0 Å². The van der Waals surface area contributed by atoms with Gasteiger partial charge in [-0.15, -0.1) is 0 Å². The molecule has 1 aromatic heterocycles. The van der Waals surface area contributed by atoms with Crippen LogP contribution in [0.2, 0.25) is 0 Å². The van der Waals surface area contributed by atoms with E-state index in [1.54, 1.807) is 38.4 Å². The van der Waals surface area contributed by atoms with Crippen LogP contribution in [0.1, 0.15) is 29.0 Å². The van der Waals surface area contributed by atoms with Gasteiger partial charge in [-0.1, -0.05) is 12.1 Å². The number of aliphatic hydroxyl groups is 3. The molecule has 5 N–H and O–H groups in total. The molecule has 0 radical (unpaired) electrons. The van der Waals surface area contributed by atoms with Crippen LogP contribution in [0, 0.1) is 17.7 Å². The fourth-order valence-corrected chi connectivity index (χ4v) is 6.91. The number of aliphatic hydroxyl groups excluding tert-OH is 2. The predicted molar refractivity (Wildman–Crippen MR) is 160 cm³/mol. The molecular weight excluding hydrogens is 571 g/mol. The van der Waals surface area contributed by atoms with Crippen LogP contribution in [0.4, 0.5) is 10.1 Å². The second-order valence-electron chi connectivity index (χ2n) is 11.9. The Bertz CT molecular complexity index is 1850. The molecule has 228 valence electrons. The zero-order chi connectivity index (χ0) is 31.8. The minimum Gasteiger partial charge on any atom is -0.508 e. The molecule has 1 amide bonds. The Morgan fingerprint density at radius 1 is 1.14 bits per heavy atom. The fraction of sp³-hybridized carbons (Fsp3) is 0.312. The number of Topliss-reactive ketones (excluding diaryl/α,β-unsaturated/α-hetero) is 2. The van der Waals surface area contributed by atoms with Gasteiger partial charge in [-0.25, -0.2) is 9.37 Å². The smallest absolute Gasteiger partial charge is 0.255 e. The largest absolute Gasteiger partial charge is 0.508 e. The zero-order valence-corrected chi connectivity index (χ0v) is 24.5. The van der Waals surface area contributed by atoms with E-state index < -0.39 is 58.0 Å². The number of nitrogens with two attached hydrogens (primary N) is 1. The Balaban J connectivity index is 1.54. The summed E-state index contributed by atoms with van der Waals surface area (Å²) in [5, 5.41) is 34.7. The molecular formula is C32H31FN4O7. The number of amides is 1. The lowest BCUT2D eigenvalue weighted by molar-refractivity contribution is -0.153. The van der Waals surface area contributed by atoms with Crippen molar-refractivity contribution in [3.8, 4) is 0 Å². The summed E-state index contributed by atoms with van der Waals surface area (Å²) in [5.41, 5.74) is 4.68. The highest BCUT2D eigenvalue weighted by Gasteiger charge is 2.64. The topological polar surface area (TPSA) is 170 Å². The third-order valence-electron chi connectivity index (χ3n) is 8.86. The van der Waals surface area contributed by atoms with Gasteiger partial charge in [-0.2, -0.15) is 0 Å². The maximum absolute atomic E-state index is 14.2. The molecule has 3 aliphatic rings. The number of ketones is 2. The first-order valence-corrected chi connectivity index (χ1v) is 14.0. The Kier molecular flexibility index (Phi) is 6.74. The van der Waals surface area contributed by atoms with Crippen LogP contribution in [-0.4, -0.2) is 82.5 Å². The van der Waals surface area contributed by atoms with E-state index in [0.717, 1.165) is 5.69 Å². The average molecular weight is 603 g/mol. The summed E-state index contributed by atoms with van der Waals surface area (Å²) >= 11 is 0. The van der Waals surface area contributed by atoms with Crippen LogP contribution < -0.4 is 10.6 Å². The van der Waals surface area contributed by atoms with Gasteiger partial charge < -0.3 is 30.4 Å². The van der Waals surface area contributed by atoms with E-state index in [2.05, 4.69) is 4.98 Å². The number of oxazole rings is 1. The van der Waals surface area contributed by atoms with E-state index in [0.29, 0.717) is 16.6 Å². The number of hydrogen-bond acceptors (Lipinski definition) is 10. The van der Waals surface area contributed by atoms with Gasteiger partial charge >= 0.3 is 0 Å². The lowest BCUT2D eigenvalue weighted by Gasteiger charge is -2.50. The van der Waals surface area contributed by atoms with Crippen molar-refractivity contribution in [2.45, 2.75) is 24.5 Å². The number of fused-ring (bicyclic) bond motifs is 5. The molecule has 3 aromatic rings. The number of benzene rings is 2. The fourth-order valence-electron chi connectivity index (χ4n) is 6.91. The third kappa shape index (κ3) is 4.16. The lowest BCUT2D eigenvalue weighted by atomic mass is 9.57. The first-order chi connectivity index (χ1) is 20.7. The maximum atomic E-state index is 14.2. The van der Waals surface area contributed by atoms with Crippen molar-refractivity contribution in [1.82, 2.24) is 9.88 Å². The van der Waals surface area contributed by atoms with Crippen molar-refractivity contribution in [2.75, 3.05) is 33.1 Å². The molecule has 0 spiro atoms. The molecule has 2 aromatic carbocycles. The van der Waals surface area contributed by atoms with E-state index in [9.17, 15) is 34.1 Å². The van der Waals surface area contributed by atoms with Gasteiger partial charge in [0, 0.05) is 37.3 Å². The van der Waals surface area contributed by atoms with Gasteiger partial charge in [-0.3, -0.25) is 19.3 Å². The monoisotopic (exact) mass is 602 g/mol. The minimum absolute atomic E-state index is 0.0404. The number of hydrogen-bond donors (Lipinski definition) is 4. The normalized spacial score (nSPS) is 25.1. The van der Waals surface area contributed by atoms with Crippen LogP contribution in [-0.2, 0) is 20.8 Å². The van der Waals surface area contributed by atoms with Crippen molar-refractivity contribution in [1.29, 1.82) is 0 Å². The summed E-state index contributed by atoms with van der Waals surface area (Å²) in [4.78, 5) is 47.6. The van der Waals surface area contributed by atoms with Crippen molar-refractivity contribution in [2.24, 2.45) is 17.6 Å². The number of rotatable bonds is 5. The lowest BCUT2D eigenvalue weighted by Crippen LogP contribution is -2.65. The molecule has 0 bridgehead atoms. The van der Waals surface area contributed by atoms with E-state index in [-0.39, 0.29) is 41.3 Å². The molecule has 11 nitrogen and oxygen atoms in total.